The third kappa shape index (κ3) is 2.44. The van der Waals surface area contributed by atoms with Crippen LogP contribution in [0.25, 0.3) is 11.0 Å². The van der Waals surface area contributed by atoms with Gasteiger partial charge in [0.15, 0.2) is 0 Å². The molecule has 20 heavy (non-hydrogen) atoms. The fourth-order valence-electron chi connectivity index (χ4n) is 2.66. The zero-order chi connectivity index (χ0) is 14.1. The quantitative estimate of drug-likeness (QED) is 0.882. The van der Waals surface area contributed by atoms with E-state index in [0.717, 1.165) is 43.1 Å². The van der Waals surface area contributed by atoms with E-state index in [1.807, 2.05) is 0 Å². The highest BCUT2D eigenvalue weighted by Gasteiger charge is 2.26. The van der Waals surface area contributed by atoms with E-state index in [1.54, 1.807) is 6.07 Å². The predicted octanol–water partition coefficient (Wildman–Crippen LogP) is 4.49. The maximum absolute atomic E-state index is 9.26. The van der Waals surface area contributed by atoms with Gasteiger partial charge in [0.2, 0.25) is 0 Å². The van der Waals surface area contributed by atoms with Crippen molar-refractivity contribution in [2.45, 2.75) is 31.7 Å². The summed E-state index contributed by atoms with van der Waals surface area (Å²) in [7, 11) is 0. The summed E-state index contributed by atoms with van der Waals surface area (Å²) in [5.41, 5.74) is 2.09. The van der Waals surface area contributed by atoms with Gasteiger partial charge < -0.3 is 5.32 Å². The fraction of sp³-hybridized carbons (Fsp3) is 0.462. The fourth-order valence-corrected chi connectivity index (χ4v) is 3.82. The summed E-state index contributed by atoms with van der Waals surface area (Å²) < 4.78 is 8.46. The highest BCUT2D eigenvalue weighted by atomic mass is 35.5. The van der Waals surface area contributed by atoms with Crippen molar-refractivity contribution < 1.29 is 0 Å². The number of anilines is 1. The first kappa shape index (κ1) is 13.9. The van der Waals surface area contributed by atoms with Crippen molar-refractivity contribution in [1.82, 2.24) is 8.75 Å². The molecule has 2 unspecified atom stereocenters. The lowest BCUT2D eigenvalue weighted by molar-refractivity contribution is 0.389. The van der Waals surface area contributed by atoms with Gasteiger partial charge in [0.1, 0.15) is 11.0 Å². The van der Waals surface area contributed by atoms with Gasteiger partial charge >= 0.3 is 0 Å². The third-order valence-corrected chi connectivity index (χ3v) is 4.82. The lowest BCUT2D eigenvalue weighted by atomic mass is 9.85. The molecule has 2 atom stereocenters. The first-order valence-corrected chi connectivity index (χ1v) is 7.95. The van der Waals surface area contributed by atoms with Crippen molar-refractivity contribution in [2.24, 2.45) is 5.92 Å². The smallest absolute Gasteiger partial charge is 0.130 e. The summed E-state index contributed by atoms with van der Waals surface area (Å²) in [5.74, 6) is 0.0112. The summed E-state index contributed by atoms with van der Waals surface area (Å²) in [4.78, 5) is 0. The van der Waals surface area contributed by atoms with Crippen LogP contribution in [0.5, 0.6) is 0 Å². The van der Waals surface area contributed by atoms with Gasteiger partial charge in [-0.15, -0.1) is 0 Å². The van der Waals surface area contributed by atoms with Crippen LogP contribution in [0.3, 0.4) is 0 Å². The zero-order valence-electron chi connectivity index (χ0n) is 10.6. The Morgan fingerprint density at radius 1 is 1.20 bits per heavy atom. The van der Waals surface area contributed by atoms with Crippen LogP contribution >= 0.6 is 34.9 Å². The van der Waals surface area contributed by atoms with E-state index in [1.165, 1.54) is 0 Å². The van der Waals surface area contributed by atoms with Crippen LogP contribution in [0.4, 0.5) is 5.69 Å². The lowest BCUT2D eigenvalue weighted by Gasteiger charge is -2.28. The van der Waals surface area contributed by atoms with Crippen molar-refractivity contribution in [1.29, 1.82) is 5.26 Å². The highest BCUT2D eigenvalue weighted by molar-refractivity contribution is 7.00. The molecule has 1 aromatic heterocycles. The summed E-state index contributed by atoms with van der Waals surface area (Å²) in [5, 5.41) is 13.7. The van der Waals surface area contributed by atoms with Crippen molar-refractivity contribution in [3.8, 4) is 6.07 Å². The molecule has 0 radical (unpaired) electrons. The van der Waals surface area contributed by atoms with E-state index < -0.39 is 0 Å². The predicted molar refractivity (Wildman–Crippen MR) is 82.4 cm³/mol. The number of benzene rings is 1. The molecule has 0 aliphatic heterocycles. The zero-order valence-corrected chi connectivity index (χ0v) is 12.9. The van der Waals surface area contributed by atoms with Gasteiger partial charge in [-0.25, -0.2) is 0 Å². The Labute approximate surface area is 131 Å². The van der Waals surface area contributed by atoms with Gasteiger partial charge in [0, 0.05) is 6.04 Å². The Bertz CT molecular complexity index is 679. The van der Waals surface area contributed by atoms with Gasteiger partial charge in [-0.05, 0) is 18.9 Å². The van der Waals surface area contributed by atoms with Crippen molar-refractivity contribution in [3.63, 3.8) is 0 Å². The average Bonchev–Trinajstić information content (AvgIpc) is 2.93. The molecule has 1 fully saturated rings. The minimum Gasteiger partial charge on any atom is -0.378 e. The monoisotopic (exact) mass is 326 g/mol. The molecule has 1 N–H and O–H groups in total. The molecule has 0 bridgehead atoms. The number of aromatic nitrogens is 2. The van der Waals surface area contributed by atoms with E-state index in [0.29, 0.717) is 21.1 Å². The van der Waals surface area contributed by atoms with Crippen molar-refractivity contribution in [3.05, 3.63) is 16.1 Å². The van der Waals surface area contributed by atoms with E-state index >= 15 is 0 Å². The minimum atomic E-state index is 0.0112. The first-order valence-electron chi connectivity index (χ1n) is 6.47. The highest BCUT2D eigenvalue weighted by Crippen LogP contribution is 2.37. The van der Waals surface area contributed by atoms with Crippen molar-refractivity contribution >= 4 is 51.7 Å². The van der Waals surface area contributed by atoms with Crippen LogP contribution in [-0.4, -0.2) is 14.8 Å². The molecule has 104 valence electrons. The van der Waals surface area contributed by atoms with Gasteiger partial charge in [0.05, 0.1) is 39.4 Å². The van der Waals surface area contributed by atoms with E-state index in [-0.39, 0.29) is 12.0 Å². The summed E-state index contributed by atoms with van der Waals surface area (Å²) >= 11 is 13.5. The molecule has 4 nitrogen and oxygen atoms in total. The molecule has 7 heteroatoms. The number of rotatable bonds is 2. The Morgan fingerprint density at radius 3 is 2.75 bits per heavy atom. The molecule has 0 amide bonds. The number of nitriles is 1. The molecule has 1 aliphatic carbocycles. The summed E-state index contributed by atoms with van der Waals surface area (Å²) in [6, 6.07) is 4.17. The Hall–Kier alpha value is -1.09. The lowest BCUT2D eigenvalue weighted by Crippen LogP contribution is -2.31. The summed E-state index contributed by atoms with van der Waals surface area (Å²) in [6.07, 6.45) is 4.13. The second-order valence-electron chi connectivity index (χ2n) is 4.95. The molecule has 0 saturated heterocycles. The standard InChI is InChI=1S/C13H12Cl2N4S/c14-8-5-9(15)12-13(19-20-18-12)11(8)17-10-4-2-1-3-7(10)6-16/h5,7,10,17H,1-4H2. The largest absolute Gasteiger partial charge is 0.378 e. The van der Waals surface area contributed by atoms with Crippen LogP contribution in [0.1, 0.15) is 25.7 Å². The Balaban J connectivity index is 1.98. The molecular weight excluding hydrogens is 315 g/mol. The van der Waals surface area contributed by atoms with Crippen LogP contribution in [-0.2, 0) is 0 Å². The molecule has 0 spiro atoms. The average molecular weight is 327 g/mol. The second-order valence-corrected chi connectivity index (χ2v) is 6.29. The van der Waals surface area contributed by atoms with Crippen LogP contribution in [0, 0.1) is 17.2 Å². The van der Waals surface area contributed by atoms with Gasteiger partial charge in [0.25, 0.3) is 0 Å². The van der Waals surface area contributed by atoms with E-state index in [9.17, 15) is 5.26 Å². The van der Waals surface area contributed by atoms with E-state index in [4.69, 9.17) is 23.2 Å². The third-order valence-electron chi connectivity index (χ3n) is 3.71. The van der Waals surface area contributed by atoms with Crippen LogP contribution in [0.2, 0.25) is 10.0 Å². The minimum absolute atomic E-state index is 0.0112. The number of fused-ring (bicyclic) bond motifs is 1. The maximum atomic E-state index is 9.26. The van der Waals surface area contributed by atoms with Crippen molar-refractivity contribution in [2.75, 3.05) is 5.32 Å². The maximum Gasteiger partial charge on any atom is 0.130 e. The van der Waals surface area contributed by atoms with Crippen LogP contribution in [0.15, 0.2) is 6.07 Å². The van der Waals surface area contributed by atoms with Crippen LogP contribution < -0.4 is 5.32 Å². The second kappa shape index (κ2) is 5.72. The number of halogens is 2. The topological polar surface area (TPSA) is 61.6 Å². The first-order chi connectivity index (χ1) is 9.70. The number of hydrogen-bond acceptors (Lipinski definition) is 5. The van der Waals surface area contributed by atoms with Gasteiger partial charge in [-0.3, -0.25) is 0 Å². The number of hydrogen-bond donors (Lipinski definition) is 1. The molecule has 1 heterocycles. The number of nitrogens with one attached hydrogen (secondary N) is 1. The van der Waals surface area contributed by atoms with Gasteiger partial charge in [-0.1, -0.05) is 36.0 Å². The summed E-state index contributed by atoms with van der Waals surface area (Å²) in [6.45, 7) is 0. The Morgan fingerprint density at radius 2 is 1.95 bits per heavy atom. The molecule has 1 aromatic carbocycles. The van der Waals surface area contributed by atoms with Gasteiger partial charge in [-0.2, -0.15) is 14.0 Å². The SMILES string of the molecule is N#CC1CCCCC1Nc1c(Cl)cc(Cl)c2nsnc12. The molecule has 1 aliphatic rings. The number of nitrogens with zero attached hydrogens (tertiary/aromatic N) is 3. The normalized spacial score (nSPS) is 22.6. The Kier molecular flexibility index (Phi) is 3.97. The molecular formula is C13H12Cl2N4S. The molecule has 1 saturated carbocycles. The van der Waals surface area contributed by atoms with E-state index in [2.05, 4.69) is 20.1 Å². The molecule has 3 rings (SSSR count). The molecule has 2 aromatic rings.